The second-order valence-corrected chi connectivity index (χ2v) is 12.3. The highest BCUT2D eigenvalue weighted by Gasteiger charge is 2.16. The lowest BCUT2D eigenvalue weighted by Gasteiger charge is -2.21. The molecule has 2 fully saturated rings. The van der Waals surface area contributed by atoms with Crippen LogP contribution in [0, 0.1) is 23.7 Å². The summed E-state index contributed by atoms with van der Waals surface area (Å²) < 4.78 is 0. The first-order valence-corrected chi connectivity index (χ1v) is 16.0. The fraction of sp³-hybridized carbons (Fsp3) is 0.286. The number of benzene rings is 5. The third-order valence-corrected chi connectivity index (χ3v) is 9.57. The van der Waals surface area contributed by atoms with Crippen LogP contribution in [-0.2, 0) is 0 Å². The Labute approximate surface area is 251 Å². The smallest absolute Gasteiger partial charge is 0.0406 e. The van der Waals surface area contributed by atoms with Crippen molar-refractivity contribution in [3.05, 3.63) is 130 Å². The molecule has 0 radical (unpaired) electrons. The summed E-state index contributed by atoms with van der Waals surface area (Å²) >= 11 is 0. The summed E-state index contributed by atoms with van der Waals surface area (Å²) in [5, 5.41) is 4.66. The van der Waals surface area contributed by atoms with Gasteiger partial charge >= 0.3 is 0 Å². The summed E-state index contributed by atoms with van der Waals surface area (Å²) in [6.45, 7) is 0. The maximum absolute atomic E-state index is 3.59. The van der Waals surface area contributed by atoms with Gasteiger partial charge in [0.2, 0.25) is 0 Å². The SMILES string of the molecule is C(#Cc1c2ccccc2c(C#Cc2ccc(C3CCCCC3)cc2)c2ccccc12)c1ccc(C2CCCCC2)cc1. The summed E-state index contributed by atoms with van der Waals surface area (Å²) in [6, 6.07) is 35.3. The normalized spacial score (nSPS) is 16.0. The van der Waals surface area contributed by atoms with Crippen LogP contribution < -0.4 is 0 Å². The van der Waals surface area contributed by atoms with Crippen molar-refractivity contribution in [2.24, 2.45) is 0 Å². The molecule has 0 aliphatic heterocycles. The molecule has 0 spiro atoms. The van der Waals surface area contributed by atoms with Crippen molar-refractivity contribution in [1.29, 1.82) is 0 Å². The van der Waals surface area contributed by atoms with Gasteiger partial charge in [0.1, 0.15) is 0 Å². The Morgan fingerprint density at radius 1 is 0.357 bits per heavy atom. The zero-order chi connectivity index (χ0) is 28.1. The van der Waals surface area contributed by atoms with Crippen LogP contribution in [0.5, 0.6) is 0 Å². The maximum atomic E-state index is 3.59. The van der Waals surface area contributed by atoms with Gasteiger partial charge in [-0.25, -0.2) is 0 Å². The largest absolute Gasteiger partial charge is 0.0616 e. The summed E-state index contributed by atoms with van der Waals surface area (Å²) in [4.78, 5) is 0. The summed E-state index contributed by atoms with van der Waals surface area (Å²) in [5.74, 6) is 15.6. The number of hydrogen-bond donors (Lipinski definition) is 0. The molecular weight excluding hydrogens is 504 g/mol. The van der Waals surface area contributed by atoms with Crippen LogP contribution in [0.2, 0.25) is 0 Å². The van der Waals surface area contributed by atoms with E-state index in [1.54, 1.807) is 0 Å². The molecule has 0 saturated heterocycles. The first-order chi connectivity index (χ1) is 20.8. The molecule has 0 heteroatoms. The van der Waals surface area contributed by atoms with Gasteiger partial charge in [0.15, 0.2) is 0 Å². The summed E-state index contributed by atoms with van der Waals surface area (Å²) in [6.07, 6.45) is 13.5. The molecule has 0 bridgehead atoms. The van der Waals surface area contributed by atoms with Gasteiger partial charge < -0.3 is 0 Å². The van der Waals surface area contributed by atoms with Crippen LogP contribution in [0.4, 0.5) is 0 Å². The molecule has 0 heterocycles. The zero-order valence-electron chi connectivity index (χ0n) is 24.5. The molecule has 2 saturated carbocycles. The highest BCUT2D eigenvalue weighted by Crippen LogP contribution is 2.35. The number of fused-ring (bicyclic) bond motifs is 2. The van der Waals surface area contributed by atoms with Crippen LogP contribution in [0.3, 0.4) is 0 Å². The maximum Gasteiger partial charge on any atom is 0.0406 e. The third-order valence-electron chi connectivity index (χ3n) is 9.57. The fourth-order valence-corrected chi connectivity index (χ4v) is 7.22. The minimum absolute atomic E-state index is 0.720. The van der Waals surface area contributed by atoms with Gasteiger partial charge in [-0.2, -0.15) is 0 Å². The van der Waals surface area contributed by atoms with Crippen molar-refractivity contribution < 1.29 is 0 Å². The average molecular weight is 543 g/mol. The first-order valence-electron chi connectivity index (χ1n) is 16.0. The van der Waals surface area contributed by atoms with Crippen molar-refractivity contribution in [2.45, 2.75) is 76.0 Å². The molecule has 2 aliphatic carbocycles. The topological polar surface area (TPSA) is 0 Å². The monoisotopic (exact) mass is 542 g/mol. The van der Waals surface area contributed by atoms with Crippen LogP contribution in [0.1, 0.15) is 109 Å². The van der Waals surface area contributed by atoms with E-state index in [4.69, 9.17) is 0 Å². The van der Waals surface area contributed by atoms with E-state index in [0.717, 1.165) is 34.1 Å². The standard InChI is InChI=1S/C42H38/c1-3-11-33(12-4-1)35-25-19-31(20-26-35)23-29-41-37-15-7-9-17-39(37)42(40-18-10-8-16-38(40)41)30-24-32-21-27-36(28-22-32)34-13-5-2-6-14-34/h7-10,15-22,25-28,33-34H,1-6,11-14H2. The van der Waals surface area contributed by atoms with E-state index in [-0.39, 0.29) is 0 Å². The van der Waals surface area contributed by atoms with E-state index in [1.165, 1.54) is 96.9 Å². The molecule has 206 valence electrons. The van der Waals surface area contributed by atoms with Crippen molar-refractivity contribution in [2.75, 3.05) is 0 Å². The molecule has 0 unspecified atom stereocenters. The molecule has 7 rings (SSSR count). The van der Waals surface area contributed by atoms with Gasteiger partial charge in [0.05, 0.1) is 0 Å². The number of hydrogen-bond acceptors (Lipinski definition) is 0. The van der Waals surface area contributed by atoms with E-state index >= 15 is 0 Å². The first kappa shape index (κ1) is 26.6. The molecule has 0 atom stereocenters. The van der Waals surface area contributed by atoms with E-state index in [2.05, 4.69) is 121 Å². The van der Waals surface area contributed by atoms with Crippen molar-refractivity contribution >= 4 is 21.5 Å². The van der Waals surface area contributed by atoms with Crippen LogP contribution in [0.15, 0.2) is 97.1 Å². The quantitative estimate of drug-likeness (QED) is 0.154. The van der Waals surface area contributed by atoms with Gasteiger partial charge in [0, 0.05) is 22.3 Å². The van der Waals surface area contributed by atoms with Crippen LogP contribution >= 0.6 is 0 Å². The average Bonchev–Trinajstić information content (AvgIpc) is 3.07. The molecule has 2 aliphatic rings. The van der Waals surface area contributed by atoms with E-state index in [9.17, 15) is 0 Å². The van der Waals surface area contributed by atoms with Gasteiger partial charge in [-0.15, -0.1) is 0 Å². The lowest BCUT2D eigenvalue weighted by Crippen LogP contribution is -2.04. The molecular formula is C42H38. The van der Waals surface area contributed by atoms with Gasteiger partial charge in [-0.1, -0.05) is 135 Å². The molecule has 5 aromatic carbocycles. The Hall–Kier alpha value is -4.26. The second-order valence-electron chi connectivity index (χ2n) is 12.3. The molecule has 42 heavy (non-hydrogen) atoms. The van der Waals surface area contributed by atoms with E-state index < -0.39 is 0 Å². The Kier molecular flexibility index (Phi) is 7.81. The van der Waals surface area contributed by atoms with Gasteiger partial charge in [-0.05, 0) is 94.5 Å². The Morgan fingerprint density at radius 2 is 0.690 bits per heavy atom. The van der Waals surface area contributed by atoms with Crippen molar-refractivity contribution in [3.63, 3.8) is 0 Å². The predicted molar refractivity (Wildman–Crippen MR) is 178 cm³/mol. The van der Waals surface area contributed by atoms with Crippen molar-refractivity contribution in [3.8, 4) is 23.7 Å². The zero-order valence-corrected chi connectivity index (χ0v) is 24.5. The Morgan fingerprint density at radius 3 is 1.02 bits per heavy atom. The highest BCUT2D eigenvalue weighted by atomic mass is 14.2. The molecule has 5 aromatic rings. The number of rotatable bonds is 2. The predicted octanol–water partition coefficient (Wildman–Crippen LogP) is 10.9. The van der Waals surface area contributed by atoms with Gasteiger partial charge in [0.25, 0.3) is 0 Å². The summed E-state index contributed by atoms with van der Waals surface area (Å²) in [5.41, 5.74) is 7.26. The molecule has 0 amide bonds. The minimum Gasteiger partial charge on any atom is -0.0616 e. The fourth-order valence-electron chi connectivity index (χ4n) is 7.22. The lowest BCUT2D eigenvalue weighted by molar-refractivity contribution is 0.443. The van der Waals surface area contributed by atoms with Gasteiger partial charge in [-0.3, -0.25) is 0 Å². The molecule has 0 nitrogen and oxygen atoms in total. The van der Waals surface area contributed by atoms with E-state index in [1.807, 2.05) is 0 Å². The lowest BCUT2D eigenvalue weighted by atomic mass is 9.84. The van der Waals surface area contributed by atoms with Crippen molar-refractivity contribution in [1.82, 2.24) is 0 Å². The molecule has 0 N–H and O–H groups in total. The summed E-state index contributed by atoms with van der Waals surface area (Å²) in [7, 11) is 0. The van der Waals surface area contributed by atoms with E-state index in [0.29, 0.717) is 0 Å². The van der Waals surface area contributed by atoms with Crippen LogP contribution in [0.25, 0.3) is 21.5 Å². The Bertz CT molecular complexity index is 1620. The third kappa shape index (κ3) is 5.60. The molecule has 0 aromatic heterocycles. The highest BCUT2D eigenvalue weighted by molar-refractivity contribution is 6.09. The van der Waals surface area contributed by atoms with Crippen LogP contribution in [-0.4, -0.2) is 0 Å². The second kappa shape index (κ2) is 12.3. The Balaban J connectivity index is 1.24. The minimum atomic E-state index is 0.720.